The van der Waals surface area contributed by atoms with Gasteiger partial charge in [-0.25, -0.2) is 0 Å². The van der Waals surface area contributed by atoms with Crippen molar-refractivity contribution in [2.24, 2.45) is 0 Å². The maximum Gasteiger partial charge on any atom is 0.306 e. The minimum absolute atomic E-state index is 0.00918. The summed E-state index contributed by atoms with van der Waals surface area (Å²) in [7, 11) is 4.84. The molecule has 0 aromatic carbocycles. The third kappa shape index (κ3) is 6.42. The number of ether oxygens (including phenoxy) is 1. The molecule has 0 atom stereocenters. The average Bonchev–Trinajstić information content (AvgIpc) is 2.22. The molecular weight excluding hydrogens is 184 g/mol. The van der Waals surface area contributed by atoms with Crippen molar-refractivity contribution < 1.29 is 14.3 Å². The van der Waals surface area contributed by atoms with Crippen molar-refractivity contribution in [3.05, 3.63) is 0 Å². The van der Waals surface area contributed by atoms with Crippen molar-refractivity contribution in [3.63, 3.8) is 0 Å². The summed E-state index contributed by atoms with van der Waals surface area (Å²) in [4.78, 5) is 23.6. The van der Waals surface area contributed by atoms with Crippen molar-refractivity contribution in [2.45, 2.75) is 12.8 Å². The van der Waals surface area contributed by atoms with Crippen molar-refractivity contribution >= 4 is 11.9 Å². The Morgan fingerprint density at radius 1 is 1.29 bits per heavy atom. The third-order valence-electron chi connectivity index (χ3n) is 1.92. The molecule has 82 valence electrons. The lowest BCUT2D eigenvalue weighted by atomic mass is 10.3. The normalized spacial score (nSPS) is 10.0. The van der Waals surface area contributed by atoms with Gasteiger partial charge in [0, 0.05) is 26.6 Å². The lowest BCUT2D eigenvalue weighted by Crippen LogP contribution is -2.28. The van der Waals surface area contributed by atoms with Crippen molar-refractivity contribution in [3.8, 4) is 0 Å². The van der Waals surface area contributed by atoms with E-state index in [1.54, 1.807) is 7.05 Å². The summed E-state index contributed by atoms with van der Waals surface area (Å²) in [6.07, 6.45) is 0.814. The monoisotopic (exact) mass is 202 g/mol. The van der Waals surface area contributed by atoms with Crippen LogP contribution >= 0.6 is 0 Å². The largest absolute Gasteiger partial charge is 0.469 e. The first-order chi connectivity index (χ1) is 6.60. The molecule has 0 aromatic heterocycles. The molecule has 0 fully saturated rings. The average molecular weight is 202 g/mol. The highest BCUT2D eigenvalue weighted by atomic mass is 16.5. The quantitative estimate of drug-likeness (QED) is 0.596. The molecule has 0 bridgehead atoms. The van der Waals surface area contributed by atoms with E-state index in [4.69, 9.17) is 0 Å². The lowest BCUT2D eigenvalue weighted by molar-refractivity contribution is -0.140. The summed E-state index contributed by atoms with van der Waals surface area (Å²) in [5.41, 5.74) is 0. The molecule has 0 radical (unpaired) electrons. The Bertz CT molecular complexity index is 174. The first-order valence-corrected chi connectivity index (χ1v) is 4.56. The van der Waals surface area contributed by atoms with Crippen LogP contribution in [0.15, 0.2) is 0 Å². The van der Waals surface area contributed by atoms with Gasteiger partial charge in [0.1, 0.15) is 0 Å². The van der Waals surface area contributed by atoms with E-state index >= 15 is 0 Å². The zero-order valence-corrected chi connectivity index (χ0v) is 9.00. The van der Waals surface area contributed by atoms with Gasteiger partial charge in [-0.3, -0.25) is 9.59 Å². The van der Waals surface area contributed by atoms with E-state index in [1.807, 2.05) is 11.9 Å². The highest BCUT2D eigenvalue weighted by Gasteiger charge is 2.05. The number of nitrogens with zero attached hydrogens (tertiary/aromatic N) is 1. The van der Waals surface area contributed by atoms with Crippen molar-refractivity contribution in [1.82, 2.24) is 10.2 Å². The molecule has 0 rings (SSSR count). The first kappa shape index (κ1) is 12.9. The number of rotatable bonds is 6. The standard InChI is InChI=1S/C9H18N2O3/c1-10-8(12)4-6-11(2)7-5-9(13)14-3/h4-7H2,1-3H3,(H,10,12). The fourth-order valence-electron chi connectivity index (χ4n) is 0.913. The molecule has 0 saturated heterocycles. The molecule has 0 aliphatic heterocycles. The van der Waals surface area contributed by atoms with Gasteiger partial charge in [-0.1, -0.05) is 0 Å². The highest BCUT2D eigenvalue weighted by Crippen LogP contribution is 1.92. The summed E-state index contributed by atoms with van der Waals surface area (Å²) in [5.74, 6) is -0.216. The Morgan fingerprint density at radius 2 is 1.86 bits per heavy atom. The second-order valence-electron chi connectivity index (χ2n) is 3.05. The number of methoxy groups -OCH3 is 1. The van der Waals surface area contributed by atoms with Gasteiger partial charge in [0.2, 0.25) is 5.91 Å². The Hall–Kier alpha value is -1.10. The number of carbonyl (C=O) groups excluding carboxylic acids is 2. The highest BCUT2D eigenvalue weighted by molar-refractivity contribution is 5.75. The number of carbonyl (C=O) groups is 2. The minimum atomic E-state index is -0.225. The molecule has 5 nitrogen and oxygen atoms in total. The molecule has 0 heterocycles. The van der Waals surface area contributed by atoms with Crippen molar-refractivity contribution in [2.75, 3.05) is 34.3 Å². The lowest BCUT2D eigenvalue weighted by Gasteiger charge is -2.14. The van der Waals surface area contributed by atoms with E-state index in [1.165, 1.54) is 7.11 Å². The molecule has 0 aliphatic carbocycles. The molecule has 0 unspecified atom stereocenters. The number of hydrogen-bond donors (Lipinski definition) is 1. The van der Waals surface area contributed by atoms with Crippen LogP contribution in [-0.4, -0.2) is 51.1 Å². The number of esters is 1. The molecule has 0 aromatic rings. The van der Waals surface area contributed by atoms with E-state index in [2.05, 4.69) is 10.1 Å². The van der Waals surface area contributed by atoms with E-state index in [-0.39, 0.29) is 11.9 Å². The van der Waals surface area contributed by atoms with E-state index in [9.17, 15) is 9.59 Å². The second kappa shape index (κ2) is 7.32. The van der Waals surface area contributed by atoms with Gasteiger partial charge >= 0.3 is 5.97 Å². The summed E-state index contributed by atoms with van der Waals surface area (Å²) >= 11 is 0. The van der Waals surface area contributed by atoms with Gasteiger partial charge in [0.05, 0.1) is 13.5 Å². The summed E-state index contributed by atoms with van der Waals surface area (Å²) < 4.78 is 4.50. The van der Waals surface area contributed by atoms with Crippen LogP contribution < -0.4 is 5.32 Å². The number of hydrogen-bond acceptors (Lipinski definition) is 4. The molecule has 1 N–H and O–H groups in total. The smallest absolute Gasteiger partial charge is 0.306 e. The van der Waals surface area contributed by atoms with Gasteiger partial charge in [-0.05, 0) is 7.05 Å². The Balaban J connectivity index is 3.50. The van der Waals surface area contributed by atoms with Crippen LogP contribution in [0, 0.1) is 0 Å². The van der Waals surface area contributed by atoms with Crippen LogP contribution in [-0.2, 0) is 14.3 Å². The van der Waals surface area contributed by atoms with Gasteiger partial charge in [0.15, 0.2) is 0 Å². The van der Waals surface area contributed by atoms with Crippen LogP contribution in [0.25, 0.3) is 0 Å². The molecule has 14 heavy (non-hydrogen) atoms. The Morgan fingerprint density at radius 3 is 2.36 bits per heavy atom. The molecule has 0 saturated carbocycles. The predicted molar refractivity (Wildman–Crippen MR) is 52.8 cm³/mol. The molecule has 1 amide bonds. The molecular formula is C9H18N2O3. The van der Waals surface area contributed by atoms with Crippen molar-refractivity contribution in [1.29, 1.82) is 0 Å². The topological polar surface area (TPSA) is 58.6 Å². The Kier molecular flexibility index (Phi) is 6.74. The molecule has 5 heteroatoms. The van der Waals surface area contributed by atoms with Crippen LogP contribution in [0.5, 0.6) is 0 Å². The molecule has 0 aliphatic rings. The summed E-state index contributed by atoms with van der Waals surface area (Å²) in [6.45, 7) is 1.26. The zero-order chi connectivity index (χ0) is 11.0. The second-order valence-corrected chi connectivity index (χ2v) is 3.05. The summed E-state index contributed by atoms with van der Waals surface area (Å²) in [6, 6.07) is 0. The van der Waals surface area contributed by atoms with Crippen LogP contribution in [0.3, 0.4) is 0 Å². The first-order valence-electron chi connectivity index (χ1n) is 4.56. The zero-order valence-electron chi connectivity index (χ0n) is 9.00. The Labute approximate surface area is 84.4 Å². The fourth-order valence-corrected chi connectivity index (χ4v) is 0.913. The SMILES string of the molecule is CNC(=O)CCN(C)CCC(=O)OC. The predicted octanol–water partition coefficient (Wildman–Crippen LogP) is -0.383. The van der Waals surface area contributed by atoms with E-state index in [0.29, 0.717) is 25.9 Å². The van der Waals surface area contributed by atoms with Gasteiger partial charge in [-0.15, -0.1) is 0 Å². The van der Waals surface area contributed by atoms with Crippen LogP contribution in [0.2, 0.25) is 0 Å². The van der Waals surface area contributed by atoms with Gasteiger partial charge in [0.25, 0.3) is 0 Å². The van der Waals surface area contributed by atoms with E-state index in [0.717, 1.165) is 0 Å². The summed E-state index contributed by atoms with van der Waals surface area (Å²) in [5, 5.41) is 2.54. The fraction of sp³-hybridized carbons (Fsp3) is 0.778. The van der Waals surface area contributed by atoms with Gasteiger partial charge < -0.3 is 15.0 Å². The minimum Gasteiger partial charge on any atom is -0.469 e. The third-order valence-corrected chi connectivity index (χ3v) is 1.92. The maximum absolute atomic E-state index is 10.9. The molecule has 0 spiro atoms. The van der Waals surface area contributed by atoms with Gasteiger partial charge in [-0.2, -0.15) is 0 Å². The number of nitrogens with one attached hydrogen (secondary N) is 1. The number of amides is 1. The van der Waals surface area contributed by atoms with Crippen LogP contribution in [0.1, 0.15) is 12.8 Å². The van der Waals surface area contributed by atoms with E-state index < -0.39 is 0 Å². The maximum atomic E-state index is 10.9. The van der Waals surface area contributed by atoms with Crippen LogP contribution in [0.4, 0.5) is 0 Å².